The molecule has 0 aliphatic carbocycles. The minimum absolute atomic E-state index is 0.135. The monoisotopic (exact) mass is 437 g/mol. The third-order valence-corrected chi connectivity index (χ3v) is 5.44. The summed E-state index contributed by atoms with van der Waals surface area (Å²) in [7, 11) is 0. The Bertz CT molecular complexity index is 1090. The van der Waals surface area contributed by atoms with Crippen molar-refractivity contribution in [3.8, 4) is 5.88 Å². The standard InChI is InChI=1S/C21H23F4N5O/c1-12-7-14(3-4-16(12)22)11-30-19-17(27-20(30)29-9-15(8-26)10-29)5-6-18(28-19)31-13(2)21(23,24)25/h3-7,13,15H,8-11,26H2,1-2H3. The minimum atomic E-state index is -4.50. The highest BCUT2D eigenvalue weighted by Gasteiger charge is 2.38. The van der Waals surface area contributed by atoms with Crippen LogP contribution in [0.3, 0.4) is 0 Å². The number of nitrogens with two attached hydrogens (primary N) is 1. The number of hydrogen-bond donors (Lipinski definition) is 1. The van der Waals surface area contributed by atoms with Crippen molar-refractivity contribution < 1.29 is 22.3 Å². The largest absolute Gasteiger partial charge is 0.465 e. The summed E-state index contributed by atoms with van der Waals surface area (Å²) < 4.78 is 59.2. The van der Waals surface area contributed by atoms with Gasteiger partial charge < -0.3 is 15.4 Å². The molecule has 0 radical (unpaired) electrons. The Morgan fingerprint density at radius 2 is 1.94 bits per heavy atom. The molecule has 2 aromatic heterocycles. The Hall–Kier alpha value is -2.88. The fraction of sp³-hybridized carbons (Fsp3) is 0.429. The highest BCUT2D eigenvalue weighted by atomic mass is 19.4. The number of fused-ring (bicyclic) bond motifs is 1. The van der Waals surface area contributed by atoms with E-state index in [4.69, 9.17) is 10.5 Å². The fourth-order valence-electron chi connectivity index (χ4n) is 3.54. The lowest BCUT2D eigenvalue weighted by atomic mass is 10.0. The van der Waals surface area contributed by atoms with Crippen LogP contribution in [0.4, 0.5) is 23.5 Å². The maximum atomic E-state index is 13.7. The summed E-state index contributed by atoms with van der Waals surface area (Å²) in [6, 6.07) is 7.77. The van der Waals surface area contributed by atoms with Crippen LogP contribution < -0.4 is 15.4 Å². The van der Waals surface area contributed by atoms with E-state index >= 15 is 0 Å². The molecule has 1 atom stereocenters. The summed E-state index contributed by atoms with van der Waals surface area (Å²) in [5, 5.41) is 0. The molecule has 10 heteroatoms. The van der Waals surface area contributed by atoms with Gasteiger partial charge in [0, 0.05) is 25.1 Å². The number of hydrogen-bond acceptors (Lipinski definition) is 5. The number of nitrogens with zero attached hydrogens (tertiary/aromatic N) is 4. The highest BCUT2D eigenvalue weighted by Crippen LogP contribution is 2.30. The second kappa shape index (κ2) is 7.99. The van der Waals surface area contributed by atoms with Crippen molar-refractivity contribution in [1.29, 1.82) is 0 Å². The van der Waals surface area contributed by atoms with E-state index in [0.29, 0.717) is 41.7 Å². The molecule has 0 bridgehead atoms. The molecule has 166 valence electrons. The average Bonchev–Trinajstić information content (AvgIpc) is 3.01. The summed E-state index contributed by atoms with van der Waals surface area (Å²) in [5.74, 6) is 0.572. The fourth-order valence-corrected chi connectivity index (χ4v) is 3.54. The van der Waals surface area contributed by atoms with Gasteiger partial charge in [0.15, 0.2) is 11.8 Å². The zero-order valence-electron chi connectivity index (χ0n) is 17.2. The number of benzene rings is 1. The van der Waals surface area contributed by atoms with Gasteiger partial charge in [-0.25, -0.2) is 9.37 Å². The van der Waals surface area contributed by atoms with E-state index in [9.17, 15) is 17.6 Å². The van der Waals surface area contributed by atoms with Crippen LogP contribution in [0.25, 0.3) is 11.2 Å². The number of halogens is 4. The van der Waals surface area contributed by atoms with Crippen LogP contribution in [0.1, 0.15) is 18.1 Å². The molecule has 0 saturated carbocycles. The van der Waals surface area contributed by atoms with E-state index in [1.54, 1.807) is 25.1 Å². The Labute approximate surface area is 176 Å². The summed E-state index contributed by atoms with van der Waals surface area (Å²) in [6.45, 7) is 4.98. The van der Waals surface area contributed by atoms with Crippen LogP contribution in [0.2, 0.25) is 0 Å². The first-order valence-corrected chi connectivity index (χ1v) is 9.96. The van der Waals surface area contributed by atoms with Gasteiger partial charge in [-0.1, -0.05) is 12.1 Å². The lowest BCUT2D eigenvalue weighted by molar-refractivity contribution is -0.189. The molecule has 1 unspecified atom stereocenters. The number of ether oxygens (including phenoxy) is 1. The quantitative estimate of drug-likeness (QED) is 0.597. The molecular weight excluding hydrogens is 414 g/mol. The second-order valence-electron chi connectivity index (χ2n) is 7.88. The summed E-state index contributed by atoms with van der Waals surface area (Å²) in [5.41, 5.74) is 8.01. The topological polar surface area (TPSA) is 69.2 Å². The number of anilines is 1. The Morgan fingerprint density at radius 1 is 1.19 bits per heavy atom. The first kappa shape index (κ1) is 21.4. The zero-order valence-corrected chi connectivity index (χ0v) is 17.2. The average molecular weight is 437 g/mol. The van der Waals surface area contributed by atoms with Gasteiger partial charge in [0.1, 0.15) is 11.3 Å². The van der Waals surface area contributed by atoms with Crippen molar-refractivity contribution in [2.24, 2.45) is 11.7 Å². The maximum Gasteiger partial charge on any atom is 0.425 e. The van der Waals surface area contributed by atoms with Gasteiger partial charge in [-0.05, 0) is 43.7 Å². The van der Waals surface area contributed by atoms with E-state index in [0.717, 1.165) is 25.6 Å². The van der Waals surface area contributed by atoms with Crippen molar-refractivity contribution in [2.45, 2.75) is 32.7 Å². The van der Waals surface area contributed by atoms with Gasteiger partial charge in [-0.2, -0.15) is 18.2 Å². The lowest BCUT2D eigenvalue weighted by Crippen LogP contribution is -2.51. The molecule has 4 rings (SSSR count). The SMILES string of the molecule is Cc1cc(Cn2c(N3CC(CN)C3)nc3ccc(OC(C)C(F)(F)F)nc32)ccc1F. The molecule has 2 N–H and O–H groups in total. The Balaban J connectivity index is 1.73. The number of imidazole rings is 1. The van der Waals surface area contributed by atoms with E-state index in [1.807, 2.05) is 4.57 Å². The van der Waals surface area contributed by atoms with Gasteiger partial charge in [0.05, 0.1) is 6.54 Å². The number of aryl methyl sites for hydroxylation is 1. The number of rotatable bonds is 6. The molecule has 6 nitrogen and oxygen atoms in total. The number of aromatic nitrogens is 3. The van der Waals surface area contributed by atoms with Crippen molar-refractivity contribution in [3.05, 3.63) is 47.3 Å². The summed E-state index contributed by atoms with van der Waals surface area (Å²) >= 11 is 0. The third kappa shape index (κ3) is 4.30. The Morgan fingerprint density at radius 3 is 2.58 bits per heavy atom. The van der Waals surface area contributed by atoms with Gasteiger partial charge >= 0.3 is 6.18 Å². The van der Waals surface area contributed by atoms with Crippen molar-refractivity contribution in [1.82, 2.24) is 14.5 Å². The molecule has 1 aromatic carbocycles. The number of alkyl halides is 3. The van der Waals surface area contributed by atoms with Gasteiger partial charge in [-0.15, -0.1) is 0 Å². The predicted octanol–water partition coefficient (Wildman–Crippen LogP) is 3.65. The highest BCUT2D eigenvalue weighted by molar-refractivity contribution is 5.76. The molecule has 0 spiro atoms. The van der Waals surface area contributed by atoms with Gasteiger partial charge in [-0.3, -0.25) is 4.57 Å². The van der Waals surface area contributed by atoms with E-state index in [2.05, 4.69) is 14.9 Å². The predicted molar refractivity (Wildman–Crippen MR) is 109 cm³/mol. The van der Waals surface area contributed by atoms with E-state index in [1.165, 1.54) is 12.1 Å². The van der Waals surface area contributed by atoms with E-state index < -0.39 is 12.3 Å². The van der Waals surface area contributed by atoms with Crippen LogP contribution in [0, 0.1) is 18.7 Å². The molecule has 31 heavy (non-hydrogen) atoms. The molecular formula is C21H23F4N5O. The summed E-state index contributed by atoms with van der Waals surface area (Å²) in [4.78, 5) is 11.0. The van der Waals surface area contributed by atoms with Crippen molar-refractivity contribution in [3.63, 3.8) is 0 Å². The minimum Gasteiger partial charge on any atom is -0.465 e. The first-order valence-electron chi connectivity index (χ1n) is 9.96. The zero-order chi connectivity index (χ0) is 22.3. The normalized spacial score (nSPS) is 15.9. The smallest absolute Gasteiger partial charge is 0.425 e. The number of pyridine rings is 1. The molecule has 1 saturated heterocycles. The molecule has 1 fully saturated rings. The molecule has 1 aliphatic rings. The van der Waals surface area contributed by atoms with Crippen molar-refractivity contribution >= 4 is 17.1 Å². The molecule has 3 heterocycles. The maximum absolute atomic E-state index is 13.7. The lowest BCUT2D eigenvalue weighted by Gasteiger charge is -2.39. The first-order chi connectivity index (χ1) is 14.7. The van der Waals surface area contributed by atoms with Crippen LogP contribution in [-0.2, 0) is 6.54 Å². The van der Waals surface area contributed by atoms with Gasteiger partial charge in [0.2, 0.25) is 11.8 Å². The Kier molecular flexibility index (Phi) is 5.50. The second-order valence-corrected chi connectivity index (χ2v) is 7.88. The summed E-state index contributed by atoms with van der Waals surface area (Å²) in [6.07, 6.45) is -6.49. The van der Waals surface area contributed by atoms with Crippen LogP contribution in [0.15, 0.2) is 30.3 Å². The van der Waals surface area contributed by atoms with Crippen LogP contribution >= 0.6 is 0 Å². The molecule has 3 aromatic rings. The molecule has 0 amide bonds. The van der Waals surface area contributed by atoms with E-state index in [-0.39, 0.29) is 11.7 Å². The van der Waals surface area contributed by atoms with Crippen molar-refractivity contribution in [2.75, 3.05) is 24.5 Å². The third-order valence-electron chi connectivity index (χ3n) is 5.44. The van der Waals surface area contributed by atoms with Gasteiger partial charge in [0.25, 0.3) is 0 Å². The van der Waals surface area contributed by atoms with Crippen LogP contribution in [-0.4, -0.2) is 46.4 Å². The van der Waals surface area contributed by atoms with Crippen LogP contribution in [0.5, 0.6) is 5.88 Å². The molecule has 1 aliphatic heterocycles.